The minimum Gasteiger partial charge on any atom is -0.296 e. The van der Waals surface area contributed by atoms with E-state index in [-0.39, 0.29) is 17.7 Å². The number of halogens is 2. The fourth-order valence-corrected chi connectivity index (χ4v) is 2.16. The maximum Gasteiger partial charge on any atom is 0.130 e. The minimum absolute atomic E-state index is 0.0183. The quantitative estimate of drug-likeness (QED) is 0.758. The van der Waals surface area contributed by atoms with Gasteiger partial charge >= 0.3 is 0 Å². The molecule has 0 bridgehead atoms. The van der Waals surface area contributed by atoms with Gasteiger partial charge in [-0.1, -0.05) is 6.07 Å². The molecule has 18 heavy (non-hydrogen) atoms. The van der Waals surface area contributed by atoms with E-state index in [0.717, 1.165) is 6.07 Å². The molecule has 0 aliphatic carbocycles. The van der Waals surface area contributed by atoms with Crippen LogP contribution >= 0.6 is 0 Å². The van der Waals surface area contributed by atoms with Crippen LogP contribution in [0.25, 0.3) is 0 Å². The molecule has 1 fully saturated rings. The van der Waals surface area contributed by atoms with Crippen LogP contribution in [0.1, 0.15) is 38.8 Å². The summed E-state index contributed by atoms with van der Waals surface area (Å²) < 4.78 is 26.5. The number of nitrogens with one attached hydrogen (secondary N) is 3. The molecule has 5 heteroatoms. The Labute approximate surface area is 106 Å². The van der Waals surface area contributed by atoms with Gasteiger partial charge < -0.3 is 0 Å². The van der Waals surface area contributed by atoms with Crippen LogP contribution in [0, 0.1) is 11.6 Å². The Bertz CT molecular complexity index is 429. The van der Waals surface area contributed by atoms with Gasteiger partial charge in [0, 0.05) is 17.2 Å². The highest BCUT2D eigenvalue weighted by molar-refractivity contribution is 5.23. The molecule has 3 nitrogen and oxygen atoms in total. The highest BCUT2D eigenvalue weighted by atomic mass is 19.1. The summed E-state index contributed by atoms with van der Waals surface area (Å²) in [4.78, 5) is 0. The van der Waals surface area contributed by atoms with Gasteiger partial charge in [0.1, 0.15) is 11.6 Å². The van der Waals surface area contributed by atoms with Crippen molar-refractivity contribution < 1.29 is 8.78 Å². The number of hydrazine groups is 1. The van der Waals surface area contributed by atoms with Gasteiger partial charge in [-0.25, -0.2) is 19.6 Å². The Morgan fingerprint density at radius 3 is 2.56 bits per heavy atom. The molecule has 2 unspecified atom stereocenters. The van der Waals surface area contributed by atoms with E-state index < -0.39 is 11.6 Å². The molecule has 0 amide bonds. The van der Waals surface area contributed by atoms with Gasteiger partial charge in [0.15, 0.2) is 0 Å². The molecular weight excluding hydrogens is 236 g/mol. The third-order valence-corrected chi connectivity index (χ3v) is 2.85. The minimum atomic E-state index is -0.549. The van der Waals surface area contributed by atoms with Crippen molar-refractivity contribution in [3.8, 4) is 0 Å². The first-order valence-corrected chi connectivity index (χ1v) is 6.09. The van der Waals surface area contributed by atoms with Gasteiger partial charge in [-0.3, -0.25) is 5.32 Å². The molecule has 2 atom stereocenters. The number of hydrogen-bond acceptors (Lipinski definition) is 3. The highest BCUT2D eigenvalue weighted by Crippen LogP contribution is 2.25. The summed E-state index contributed by atoms with van der Waals surface area (Å²) in [5, 5.41) is 3.38. The van der Waals surface area contributed by atoms with Crippen LogP contribution in [0.2, 0.25) is 0 Å². The molecule has 1 aliphatic rings. The summed E-state index contributed by atoms with van der Waals surface area (Å²) in [7, 11) is 0. The van der Waals surface area contributed by atoms with E-state index >= 15 is 0 Å². The lowest BCUT2D eigenvalue weighted by molar-refractivity contribution is 0.333. The largest absolute Gasteiger partial charge is 0.296 e. The van der Waals surface area contributed by atoms with Crippen LogP contribution in [-0.2, 0) is 0 Å². The summed E-state index contributed by atoms with van der Waals surface area (Å²) in [6.45, 7) is 6.21. The SMILES string of the molecule is CC(C)(C)NC1CC(c2ccc(F)cc2F)NN1. The van der Waals surface area contributed by atoms with Crippen molar-refractivity contribution in [2.24, 2.45) is 0 Å². The fourth-order valence-electron chi connectivity index (χ4n) is 2.16. The first kappa shape index (κ1) is 13.4. The summed E-state index contributed by atoms with van der Waals surface area (Å²) in [5.41, 5.74) is 6.58. The molecule has 0 saturated carbocycles. The third-order valence-electron chi connectivity index (χ3n) is 2.85. The fraction of sp³-hybridized carbons (Fsp3) is 0.538. The van der Waals surface area contributed by atoms with Crippen LogP contribution in [-0.4, -0.2) is 11.7 Å². The van der Waals surface area contributed by atoms with Crippen molar-refractivity contribution in [2.45, 2.75) is 44.9 Å². The van der Waals surface area contributed by atoms with Gasteiger partial charge in [0.2, 0.25) is 0 Å². The standard InChI is InChI=1S/C13H19F2N3/c1-13(2,3)16-12-7-11(17-18-12)9-5-4-8(14)6-10(9)15/h4-6,11-12,16-18H,7H2,1-3H3. The van der Waals surface area contributed by atoms with Crippen LogP contribution in [0.4, 0.5) is 8.78 Å². The molecule has 1 aromatic carbocycles. The summed E-state index contributed by atoms with van der Waals surface area (Å²) in [6.07, 6.45) is 0.777. The molecule has 3 N–H and O–H groups in total. The highest BCUT2D eigenvalue weighted by Gasteiger charge is 2.29. The second-order valence-corrected chi connectivity index (χ2v) is 5.69. The topological polar surface area (TPSA) is 36.1 Å². The smallest absolute Gasteiger partial charge is 0.130 e. The second kappa shape index (κ2) is 4.91. The summed E-state index contributed by atoms with van der Waals surface area (Å²) >= 11 is 0. The van der Waals surface area contributed by atoms with Crippen LogP contribution in [0.15, 0.2) is 18.2 Å². The lowest BCUT2D eigenvalue weighted by Gasteiger charge is -2.25. The van der Waals surface area contributed by atoms with Crippen LogP contribution in [0.3, 0.4) is 0 Å². The second-order valence-electron chi connectivity index (χ2n) is 5.69. The predicted molar refractivity (Wildman–Crippen MR) is 66.7 cm³/mol. The van der Waals surface area contributed by atoms with Gasteiger partial charge in [0.25, 0.3) is 0 Å². The zero-order chi connectivity index (χ0) is 13.3. The van der Waals surface area contributed by atoms with Gasteiger partial charge in [-0.2, -0.15) is 0 Å². The van der Waals surface area contributed by atoms with Crippen molar-refractivity contribution in [2.75, 3.05) is 0 Å². The van der Waals surface area contributed by atoms with E-state index in [1.54, 1.807) is 0 Å². The lowest BCUT2D eigenvalue weighted by Crippen LogP contribution is -2.49. The average Bonchev–Trinajstić information content (AvgIpc) is 2.63. The van der Waals surface area contributed by atoms with E-state index in [1.807, 2.05) is 0 Å². The van der Waals surface area contributed by atoms with Crippen molar-refractivity contribution >= 4 is 0 Å². The molecule has 100 valence electrons. The third kappa shape index (κ3) is 3.25. The Morgan fingerprint density at radius 1 is 1.22 bits per heavy atom. The predicted octanol–water partition coefficient (Wildman–Crippen LogP) is 2.22. The number of benzene rings is 1. The zero-order valence-electron chi connectivity index (χ0n) is 10.8. The maximum atomic E-state index is 13.6. The molecule has 1 aliphatic heterocycles. The lowest BCUT2D eigenvalue weighted by atomic mass is 10.0. The van der Waals surface area contributed by atoms with Gasteiger partial charge in [-0.05, 0) is 33.3 Å². The molecule has 2 rings (SSSR count). The van der Waals surface area contributed by atoms with E-state index in [4.69, 9.17) is 0 Å². The van der Waals surface area contributed by atoms with Gasteiger partial charge in [-0.15, -0.1) is 0 Å². The summed E-state index contributed by atoms with van der Waals surface area (Å²) in [6, 6.07) is 3.54. The van der Waals surface area contributed by atoms with Crippen LogP contribution < -0.4 is 16.2 Å². The maximum absolute atomic E-state index is 13.6. The zero-order valence-corrected chi connectivity index (χ0v) is 10.8. The molecule has 1 saturated heterocycles. The average molecular weight is 255 g/mol. The molecule has 1 heterocycles. The monoisotopic (exact) mass is 255 g/mol. The van der Waals surface area contributed by atoms with Crippen LogP contribution in [0.5, 0.6) is 0 Å². The van der Waals surface area contributed by atoms with Crippen molar-refractivity contribution in [3.05, 3.63) is 35.4 Å². The van der Waals surface area contributed by atoms with E-state index in [2.05, 4.69) is 36.9 Å². The molecule has 0 spiro atoms. The number of rotatable bonds is 2. The van der Waals surface area contributed by atoms with Crippen molar-refractivity contribution in [1.29, 1.82) is 0 Å². The van der Waals surface area contributed by atoms with Crippen molar-refractivity contribution in [1.82, 2.24) is 16.2 Å². The van der Waals surface area contributed by atoms with E-state index in [1.165, 1.54) is 12.1 Å². The Kier molecular flexibility index (Phi) is 3.66. The Morgan fingerprint density at radius 2 is 1.94 bits per heavy atom. The normalized spacial score (nSPS) is 24.5. The summed E-state index contributed by atoms with van der Waals surface area (Å²) in [5.74, 6) is -1.06. The molecule has 1 aromatic rings. The Hall–Kier alpha value is -1.04. The van der Waals surface area contributed by atoms with Crippen molar-refractivity contribution in [3.63, 3.8) is 0 Å². The molecular formula is C13H19F2N3. The van der Waals surface area contributed by atoms with E-state index in [9.17, 15) is 8.78 Å². The first-order chi connectivity index (χ1) is 8.35. The molecule has 0 aromatic heterocycles. The first-order valence-electron chi connectivity index (χ1n) is 6.09. The number of hydrogen-bond donors (Lipinski definition) is 3. The Balaban J connectivity index is 2.04. The van der Waals surface area contributed by atoms with Gasteiger partial charge in [0.05, 0.1) is 12.2 Å². The molecule has 0 radical (unpaired) electrons. The van der Waals surface area contributed by atoms with E-state index in [0.29, 0.717) is 12.0 Å².